The van der Waals surface area contributed by atoms with Gasteiger partial charge in [0.25, 0.3) is 0 Å². The summed E-state index contributed by atoms with van der Waals surface area (Å²) in [6, 6.07) is -0.974. The summed E-state index contributed by atoms with van der Waals surface area (Å²) in [6.45, 7) is 3.03. The lowest BCUT2D eigenvalue weighted by Crippen LogP contribution is -2.47. The Balaban J connectivity index is 2.58. The van der Waals surface area contributed by atoms with E-state index in [9.17, 15) is 34.8 Å². The molecule has 0 unspecified atom stereocenters. The highest BCUT2D eigenvalue weighted by atomic mass is 32.2. The van der Waals surface area contributed by atoms with Crippen LogP contribution in [0.15, 0.2) is 6.20 Å². The lowest BCUT2D eigenvalue weighted by atomic mass is 10.0. The molecule has 0 radical (unpaired) electrons. The number of nitrogens with zero attached hydrogens (tertiary/aromatic N) is 3. The van der Waals surface area contributed by atoms with Gasteiger partial charge < -0.3 is 46.1 Å². The molecule has 1 amide bonds. The van der Waals surface area contributed by atoms with Crippen LogP contribution in [0.1, 0.15) is 90.9 Å². The van der Waals surface area contributed by atoms with Gasteiger partial charge in [-0.1, -0.05) is 70.4 Å². The van der Waals surface area contributed by atoms with Crippen LogP contribution in [-0.2, 0) is 30.4 Å². The first-order valence-corrected chi connectivity index (χ1v) is 17.4. The second-order valence-electron chi connectivity index (χ2n) is 11.4. The number of hydrogen-bond acceptors (Lipinski definition) is 14. The fourth-order valence-corrected chi connectivity index (χ4v) is 5.26. The Morgan fingerprint density at radius 2 is 1.48 bits per heavy atom. The van der Waals surface area contributed by atoms with Gasteiger partial charge in [-0.15, -0.1) is 5.10 Å². The highest BCUT2D eigenvalue weighted by Crippen LogP contribution is 2.14. The average molecular weight is 678 g/mol. The van der Waals surface area contributed by atoms with Crippen LogP contribution in [0, 0.1) is 0 Å². The molecule has 0 aliphatic heterocycles. The van der Waals surface area contributed by atoms with Crippen molar-refractivity contribution in [3.05, 3.63) is 6.20 Å². The standard InChI is InChI=1S/C30H55N5O10S/c1-3-5-7-9-11-13-26(39)44-18-21(45-27(40)14-12-10-8-6-4-2)19-46-20-22(31)30(43)32-25-16-35(34-33-25)15-23(37)28(41)29(42)24(38)17-36/h16,21-24,28-29,36-38,41-42H,3-15,17-20,31H2,1-2H3,(H,32,43)/t21-,22-,23+,24-,28+,29-/m1/s1. The van der Waals surface area contributed by atoms with E-state index in [-0.39, 0.29) is 48.8 Å². The molecule has 0 saturated carbocycles. The summed E-state index contributed by atoms with van der Waals surface area (Å²) < 4.78 is 12.1. The summed E-state index contributed by atoms with van der Waals surface area (Å²) in [4.78, 5) is 37.3. The van der Waals surface area contributed by atoms with Crippen molar-refractivity contribution in [1.29, 1.82) is 0 Å². The number of aliphatic hydroxyl groups is 5. The third kappa shape index (κ3) is 18.1. The number of anilines is 1. The largest absolute Gasteiger partial charge is 0.462 e. The Hall–Kier alpha value is -2.34. The van der Waals surface area contributed by atoms with Crippen molar-refractivity contribution in [3.63, 3.8) is 0 Å². The maximum atomic E-state index is 12.6. The number of nitrogens with two attached hydrogens (primary N) is 1. The molecule has 6 atom stereocenters. The normalized spacial score (nSPS) is 15.4. The second kappa shape index (κ2) is 24.8. The van der Waals surface area contributed by atoms with Gasteiger partial charge in [-0.05, 0) is 12.8 Å². The van der Waals surface area contributed by atoms with E-state index in [2.05, 4.69) is 29.5 Å². The van der Waals surface area contributed by atoms with E-state index < -0.39 is 49.1 Å². The maximum absolute atomic E-state index is 12.6. The number of unbranched alkanes of at least 4 members (excludes halogenated alkanes) is 8. The quantitative estimate of drug-likeness (QED) is 0.0506. The summed E-state index contributed by atoms with van der Waals surface area (Å²) in [7, 11) is 0. The van der Waals surface area contributed by atoms with E-state index in [1.807, 2.05) is 0 Å². The molecule has 0 aromatic carbocycles. The Morgan fingerprint density at radius 3 is 2.09 bits per heavy atom. The van der Waals surface area contributed by atoms with Crippen LogP contribution in [0.25, 0.3) is 0 Å². The summed E-state index contributed by atoms with van der Waals surface area (Å²) >= 11 is 1.27. The first-order valence-electron chi connectivity index (χ1n) is 16.2. The van der Waals surface area contributed by atoms with Crippen molar-refractivity contribution >= 4 is 35.4 Å². The summed E-state index contributed by atoms with van der Waals surface area (Å²) in [5.74, 6) is -0.828. The third-order valence-electron chi connectivity index (χ3n) is 7.12. The first-order chi connectivity index (χ1) is 22.0. The first kappa shape index (κ1) is 41.7. The minimum Gasteiger partial charge on any atom is -0.462 e. The van der Waals surface area contributed by atoms with Crippen molar-refractivity contribution in [2.45, 2.75) is 134 Å². The van der Waals surface area contributed by atoms with Gasteiger partial charge in [0.05, 0.1) is 25.4 Å². The SMILES string of the molecule is CCCCCCCC(=O)OC[C@H](CSC[C@@H](N)C(=O)Nc1cn(C[C@H](O)[C@H](O)[C@H](O)[C@H](O)CO)nn1)OC(=O)CCCCCCC. The molecule has 0 aliphatic carbocycles. The zero-order valence-corrected chi connectivity index (χ0v) is 28.0. The third-order valence-corrected chi connectivity index (χ3v) is 8.33. The predicted octanol–water partition coefficient (Wildman–Crippen LogP) is 0.889. The molecule has 1 heterocycles. The number of aromatic nitrogens is 3. The number of aliphatic hydroxyl groups excluding tert-OH is 5. The van der Waals surface area contributed by atoms with Crippen molar-refractivity contribution < 1.29 is 49.4 Å². The Morgan fingerprint density at radius 1 is 0.891 bits per heavy atom. The van der Waals surface area contributed by atoms with Gasteiger partial charge in [-0.2, -0.15) is 11.8 Å². The van der Waals surface area contributed by atoms with Crippen LogP contribution in [0.2, 0.25) is 0 Å². The molecule has 16 heteroatoms. The predicted molar refractivity (Wildman–Crippen MR) is 173 cm³/mol. The van der Waals surface area contributed by atoms with E-state index in [4.69, 9.17) is 20.3 Å². The van der Waals surface area contributed by atoms with Crippen molar-refractivity contribution in [3.8, 4) is 0 Å². The number of thioether (sulfide) groups is 1. The molecular formula is C30H55N5O10S. The highest BCUT2D eigenvalue weighted by molar-refractivity contribution is 7.99. The molecule has 0 spiro atoms. The van der Waals surface area contributed by atoms with Crippen LogP contribution >= 0.6 is 11.8 Å². The van der Waals surface area contributed by atoms with Crippen molar-refractivity contribution in [1.82, 2.24) is 15.0 Å². The number of rotatable bonds is 27. The molecule has 46 heavy (non-hydrogen) atoms. The molecular weight excluding hydrogens is 622 g/mol. The monoisotopic (exact) mass is 677 g/mol. The fraction of sp³-hybridized carbons (Fsp3) is 0.833. The topological polar surface area (TPSA) is 240 Å². The van der Waals surface area contributed by atoms with Gasteiger partial charge in [0.15, 0.2) is 5.82 Å². The van der Waals surface area contributed by atoms with Gasteiger partial charge >= 0.3 is 11.9 Å². The molecule has 0 aliphatic rings. The summed E-state index contributed by atoms with van der Waals surface area (Å²) in [6.07, 6.45) is 4.36. The number of carbonyl (C=O) groups excluding carboxylic acids is 3. The second-order valence-corrected chi connectivity index (χ2v) is 12.5. The number of esters is 2. The smallest absolute Gasteiger partial charge is 0.306 e. The Kier molecular flexibility index (Phi) is 22.5. The maximum Gasteiger partial charge on any atom is 0.306 e. The number of nitrogens with one attached hydrogen (secondary N) is 1. The molecule has 266 valence electrons. The molecule has 8 N–H and O–H groups in total. The van der Waals surface area contributed by atoms with Crippen molar-refractivity contribution in [2.24, 2.45) is 5.73 Å². The van der Waals surface area contributed by atoms with Gasteiger partial charge in [-0.25, -0.2) is 4.68 Å². The van der Waals surface area contributed by atoms with E-state index in [1.165, 1.54) is 18.0 Å². The summed E-state index contributed by atoms with van der Waals surface area (Å²) in [5.41, 5.74) is 6.05. The zero-order chi connectivity index (χ0) is 34.3. The van der Waals surface area contributed by atoms with Gasteiger partial charge in [0.2, 0.25) is 5.91 Å². The molecule has 1 aromatic rings. The lowest BCUT2D eigenvalue weighted by molar-refractivity contribution is -0.157. The Bertz CT molecular complexity index is 988. The molecule has 1 rings (SSSR count). The highest BCUT2D eigenvalue weighted by Gasteiger charge is 2.30. The number of hydrogen-bond donors (Lipinski definition) is 7. The van der Waals surface area contributed by atoms with Crippen LogP contribution < -0.4 is 11.1 Å². The minimum absolute atomic E-state index is 0.0235. The fourth-order valence-electron chi connectivity index (χ4n) is 4.29. The summed E-state index contributed by atoms with van der Waals surface area (Å²) in [5, 5.41) is 58.2. The number of carbonyl (C=O) groups is 3. The molecule has 0 bridgehead atoms. The van der Waals surface area contributed by atoms with E-state index in [1.54, 1.807) is 0 Å². The number of amides is 1. The van der Waals surface area contributed by atoms with Gasteiger partial charge in [0.1, 0.15) is 37.1 Å². The van der Waals surface area contributed by atoms with E-state index >= 15 is 0 Å². The Labute approximate surface area is 275 Å². The van der Waals surface area contributed by atoms with E-state index in [0.717, 1.165) is 68.9 Å². The molecule has 15 nitrogen and oxygen atoms in total. The van der Waals surface area contributed by atoms with Gasteiger partial charge in [-0.3, -0.25) is 14.4 Å². The molecule has 0 fully saturated rings. The molecule has 0 saturated heterocycles. The lowest BCUT2D eigenvalue weighted by Gasteiger charge is -2.25. The van der Waals surface area contributed by atoms with Crippen LogP contribution in [0.5, 0.6) is 0 Å². The van der Waals surface area contributed by atoms with E-state index in [0.29, 0.717) is 6.42 Å². The van der Waals surface area contributed by atoms with Gasteiger partial charge in [0, 0.05) is 24.3 Å². The average Bonchev–Trinajstić information content (AvgIpc) is 3.48. The van der Waals surface area contributed by atoms with Crippen molar-refractivity contribution in [2.75, 3.05) is 30.0 Å². The van der Waals surface area contributed by atoms with Crippen LogP contribution in [-0.4, -0.2) is 120 Å². The minimum atomic E-state index is -1.79. The van der Waals surface area contributed by atoms with Crippen LogP contribution in [0.4, 0.5) is 5.82 Å². The van der Waals surface area contributed by atoms with Crippen LogP contribution in [0.3, 0.4) is 0 Å². The molecule has 1 aromatic heterocycles. The zero-order valence-electron chi connectivity index (χ0n) is 27.2. The number of ether oxygens (including phenoxy) is 2.